The first-order valence-electron chi connectivity index (χ1n) is 13.7. The summed E-state index contributed by atoms with van der Waals surface area (Å²) >= 11 is 0. The maximum absolute atomic E-state index is 12.6. The quantitative estimate of drug-likeness (QED) is 0.171. The van der Waals surface area contributed by atoms with Crippen LogP contribution >= 0.6 is 0 Å². The van der Waals surface area contributed by atoms with E-state index in [1.54, 1.807) is 41.5 Å². The van der Waals surface area contributed by atoms with Gasteiger partial charge in [-0.1, -0.05) is 0 Å². The van der Waals surface area contributed by atoms with Crippen molar-refractivity contribution in [2.75, 3.05) is 45.8 Å². The summed E-state index contributed by atoms with van der Waals surface area (Å²) in [6.45, 7) is 12.4. The summed E-state index contributed by atoms with van der Waals surface area (Å²) in [6, 6.07) is -1.31. The molecule has 220 valence electrons. The van der Waals surface area contributed by atoms with Crippen LogP contribution in [0.15, 0.2) is 0 Å². The van der Waals surface area contributed by atoms with E-state index in [4.69, 9.17) is 6.42 Å². The molecule has 0 spiro atoms. The molecule has 3 aliphatic rings. The second-order valence-electron chi connectivity index (χ2n) is 12.5. The first-order valence-corrected chi connectivity index (χ1v) is 13.7. The van der Waals surface area contributed by atoms with Crippen molar-refractivity contribution in [3.63, 3.8) is 0 Å². The molecular weight excluding hydrogens is 518 g/mol. The number of terminal acetylenes is 1. The smallest absolute Gasteiger partial charge is 0.324 e. The first kappa shape index (κ1) is 30.9. The van der Waals surface area contributed by atoms with Crippen LogP contribution in [0.25, 0.3) is 0 Å². The number of hydrogen-bond donors (Lipinski definition) is 3. The Hall–Kier alpha value is -3.66. The number of nitrogens with one attached hydrogen (secondary N) is 3. The Kier molecular flexibility index (Phi) is 8.55. The molecule has 3 rings (SSSR count). The van der Waals surface area contributed by atoms with E-state index in [1.165, 1.54) is 14.7 Å². The van der Waals surface area contributed by atoms with E-state index < -0.39 is 34.7 Å². The van der Waals surface area contributed by atoms with Crippen molar-refractivity contribution in [3.05, 3.63) is 0 Å². The Morgan fingerprint density at radius 2 is 0.875 bits per heavy atom. The molecule has 3 aliphatic heterocycles. The van der Waals surface area contributed by atoms with Crippen LogP contribution in [0.5, 0.6) is 0 Å². The molecule has 9 amide bonds. The fraction of sp³-hybridized carbons (Fsp3) is 0.704. The van der Waals surface area contributed by atoms with Crippen LogP contribution in [0.2, 0.25) is 0 Å². The first-order chi connectivity index (χ1) is 18.5. The standard InChI is InChI=1S/C27H41N7O6/c1-8-15-34(16-9-12-31-19(35)25(2,3)28-22(31)38,17-10-13-32-20(36)26(4,5)29-23(32)39)18-11-14-33-21(37)27(6,7)30-24(33)40/h1H,9-18H2,2-7H3,(H2-,28,29,30,38,39,40)/p+1. The summed E-state index contributed by atoms with van der Waals surface area (Å²) in [6.07, 6.45) is 7.21. The number of rotatable bonds is 13. The summed E-state index contributed by atoms with van der Waals surface area (Å²) in [5.74, 6) is 1.84. The highest BCUT2D eigenvalue weighted by Gasteiger charge is 2.46. The normalized spacial score (nSPS) is 21.6. The predicted molar refractivity (Wildman–Crippen MR) is 145 cm³/mol. The minimum absolute atomic E-state index is 0.209. The van der Waals surface area contributed by atoms with Gasteiger partial charge in [0.25, 0.3) is 17.7 Å². The molecule has 0 aromatic heterocycles. The molecule has 0 bridgehead atoms. The predicted octanol–water partition coefficient (Wildman–Crippen LogP) is 0.598. The van der Waals surface area contributed by atoms with E-state index in [1.807, 2.05) is 0 Å². The van der Waals surface area contributed by atoms with Gasteiger partial charge in [-0.25, -0.2) is 14.4 Å². The van der Waals surface area contributed by atoms with Gasteiger partial charge in [0.2, 0.25) is 0 Å². The number of urea groups is 3. The largest absolute Gasteiger partial charge is 0.325 e. The molecule has 0 aromatic rings. The van der Waals surface area contributed by atoms with Crippen LogP contribution in [0.1, 0.15) is 60.8 Å². The fourth-order valence-corrected chi connectivity index (χ4v) is 5.52. The maximum Gasteiger partial charge on any atom is 0.325 e. The second-order valence-corrected chi connectivity index (χ2v) is 12.5. The van der Waals surface area contributed by atoms with Crippen molar-refractivity contribution in [1.29, 1.82) is 0 Å². The molecule has 13 heteroatoms. The molecule has 0 unspecified atom stereocenters. The highest BCUT2D eigenvalue weighted by molar-refractivity contribution is 6.07. The summed E-state index contributed by atoms with van der Waals surface area (Å²) in [5.41, 5.74) is -2.89. The zero-order valence-corrected chi connectivity index (χ0v) is 24.4. The lowest BCUT2D eigenvalue weighted by molar-refractivity contribution is -0.922. The Labute approximate surface area is 235 Å². The molecule has 40 heavy (non-hydrogen) atoms. The molecule has 0 atom stereocenters. The van der Waals surface area contributed by atoms with E-state index in [9.17, 15) is 28.8 Å². The molecule has 0 aromatic carbocycles. The molecule has 3 N–H and O–H groups in total. The lowest BCUT2D eigenvalue weighted by Gasteiger charge is -2.38. The van der Waals surface area contributed by atoms with Crippen molar-refractivity contribution in [2.45, 2.75) is 77.4 Å². The summed E-state index contributed by atoms with van der Waals surface area (Å²) in [7, 11) is 0. The number of quaternary nitrogens is 1. The molecule has 3 saturated heterocycles. The molecule has 0 aliphatic carbocycles. The number of carbonyl (C=O) groups excluding carboxylic acids is 6. The zero-order chi connectivity index (χ0) is 30.1. The SMILES string of the molecule is C#CC[N+](CCCN1C(=O)NC(C)(C)C1=O)(CCCN1C(=O)NC(C)(C)C1=O)CCCN1C(=O)NC(C)(C)C1=O. The molecule has 0 radical (unpaired) electrons. The van der Waals surface area contributed by atoms with Gasteiger partial charge in [0.1, 0.15) is 23.2 Å². The van der Waals surface area contributed by atoms with Gasteiger partial charge >= 0.3 is 18.1 Å². The Morgan fingerprint density at radius 1 is 0.600 bits per heavy atom. The average molecular weight is 561 g/mol. The highest BCUT2D eigenvalue weighted by Crippen LogP contribution is 2.21. The summed E-state index contributed by atoms with van der Waals surface area (Å²) in [5, 5.41) is 8.03. The molecule has 13 nitrogen and oxygen atoms in total. The summed E-state index contributed by atoms with van der Waals surface area (Å²) < 4.78 is 0.379. The lowest BCUT2D eigenvalue weighted by Crippen LogP contribution is -2.53. The number of nitrogens with zero attached hydrogens (tertiary/aromatic N) is 4. The van der Waals surface area contributed by atoms with Gasteiger partial charge in [0.15, 0.2) is 0 Å². The van der Waals surface area contributed by atoms with Crippen LogP contribution in [0.3, 0.4) is 0 Å². The maximum atomic E-state index is 12.6. The van der Waals surface area contributed by atoms with Gasteiger partial charge in [-0.05, 0) is 47.5 Å². The van der Waals surface area contributed by atoms with Crippen LogP contribution in [-0.4, -0.2) is 117 Å². The second kappa shape index (κ2) is 11.1. The van der Waals surface area contributed by atoms with Gasteiger partial charge in [-0.15, -0.1) is 6.42 Å². The Morgan fingerprint density at radius 3 is 1.07 bits per heavy atom. The van der Waals surface area contributed by atoms with E-state index in [0.29, 0.717) is 49.9 Å². The van der Waals surface area contributed by atoms with Crippen molar-refractivity contribution in [1.82, 2.24) is 30.7 Å². The minimum atomic E-state index is -0.963. The van der Waals surface area contributed by atoms with Crippen LogP contribution in [0.4, 0.5) is 14.4 Å². The van der Waals surface area contributed by atoms with E-state index in [0.717, 1.165) is 0 Å². The van der Waals surface area contributed by atoms with Crippen molar-refractivity contribution in [3.8, 4) is 12.3 Å². The Balaban J connectivity index is 1.70. The zero-order valence-electron chi connectivity index (χ0n) is 24.4. The third kappa shape index (κ3) is 6.22. The monoisotopic (exact) mass is 560 g/mol. The van der Waals surface area contributed by atoms with Gasteiger partial charge in [-0.2, -0.15) is 0 Å². The highest BCUT2D eigenvalue weighted by atomic mass is 16.2. The molecule has 0 saturated carbocycles. The number of amides is 9. The minimum Gasteiger partial charge on any atom is -0.324 e. The summed E-state index contributed by atoms with van der Waals surface area (Å²) in [4.78, 5) is 78.6. The van der Waals surface area contributed by atoms with E-state index in [2.05, 4.69) is 21.9 Å². The number of hydrogen-bond acceptors (Lipinski definition) is 6. The van der Waals surface area contributed by atoms with Crippen LogP contribution < -0.4 is 16.0 Å². The number of carbonyl (C=O) groups is 6. The van der Waals surface area contributed by atoms with Gasteiger partial charge in [-0.3, -0.25) is 29.1 Å². The third-order valence-electron chi connectivity index (χ3n) is 7.80. The van der Waals surface area contributed by atoms with Gasteiger partial charge in [0.05, 0.1) is 19.6 Å². The van der Waals surface area contributed by atoms with Gasteiger partial charge in [0, 0.05) is 38.9 Å². The lowest BCUT2D eigenvalue weighted by atomic mass is 10.1. The van der Waals surface area contributed by atoms with Crippen molar-refractivity contribution >= 4 is 35.8 Å². The number of imide groups is 3. The van der Waals surface area contributed by atoms with Crippen LogP contribution in [-0.2, 0) is 14.4 Å². The molecule has 3 heterocycles. The van der Waals surface area contributed by atoms with Crippen molar-refractivity contribution in [2.24, 2.45) is 0 Å². The Bertz CT molecular complexity index is 1010. The van der Waals surface area contributed by atoms with E-state index >= 15 is 0 Å². The third-order valence-corrected chi connectivity index (χ3v) is 7.80. The van der Waals surface area contributed by atoms with Crippen molar-refractivity contribution < 1.29 is 33.3 Å². The van der Waals surface area contributed by atoms with Gasteiger partial charge < -0.3 is 20.4 Å². The van der Waals surface area contributed by atoms with E-state index in [-0.39, 0.29) is 37.4 Å². The molecule has 3 fully saturated rings. The average Bonchev–Trinajstić information content (AvgIpc) is 3.25. The van der Waals surface area contributed by atoms with Crippen LogP contribution in [0, 0.1) is 12.3 Å². The fourth-order valence-electron chi connectivity index (χ4n) is 5.52. The topological polar surface area (TPSA) is 148 Å². The molecular formula is C27H42N7O6+.